The molecule has 2 rings (SSSR count). The van der Waals surface area contributed by atoms with Crippen molar-refractivity contribution < 1.29 is 19.1 Å². The molecule has 0 bridgehead atoms. The molecule has 2 aromatic rings. The Morgan fingerprint density at radius 2 is 2.04 bits per heavy atom. The van der Waals surface area contributed by atoms with Crippen molar-refractivity contribution in [2.75, 3.05) is 38.4 Å². The van der Waals surface area contributed by atoms with Crippen LogP contribution in [0.2, 0.25) is 0 Å². The SMILES string of the molecule is CCOCCCN(Cc1nc(C(=O)OC)cs1)C(=O)Nc1ccc(SC)cc1. The Balaban J connectivity index is 2.04. The first-order valence-electron chi connectivity index (χ1n) is 8.87. The van der Waals surface area contributed by atoms with Crippen molar-refractivity contribution in [1.82, 2.24) is 9.88 Å². The fourth-order valence-corrected chi connectivity index (χ4v) is 3.56. The van der Waals surface area contributed by atoms with Crippen LogP contribution in [0.15, 0.2) is 34.5 Å². The lowest BCUT2D eigenvalue weighted by Gasteiger charge is -2.22. The van der Waals surface area contributed by atoms with E-state index in [-0.39, 0.29) is 11.7 Å². The number of urea groups is 1. The summed E-state index contributed by atoms with van der Waals surface area (Å²) in [4.78, 5) is 31.4. The maximum atomic E-state index is 12.8. The van der Waals surface area contributed by atoms with Crippen molar-refractivity contribution in [3.05, 3.63) is 40.3 Å². The molecule has 0 aliphatic rings. The van der Waals surface area contributed by atoms with Gasteiger partial charge in [0.05, 0.1) is 13.7 Å². The fraction of sp³-hybridized carbons (Fsp3) is 0.421. The number of esters is 1. The van der Waals surface area contributed by atoms with E-state index < -0.39 is 5.97 Å². The maximum Gasteiger partial charge on any atom is 0.357 e. The van der Waals surface area contributed by atoms with Crippen LogP contribution < -0.4 is 5.32 Å². The second-order valence-electron chi connectivity index (χ2n) is 5.75. The molecule has 0 spiro atoms. The summed E-state index contributed by atoms with van der Waals surface area (Å²) in [7, 11) is 1.32. The fourth-order valence-electron chi connectivity index (χ4n) is 2.38. The zero-order chi connectivity index (χ0) is 20.4. The minimum atomic E-state index is -0.483. The Bertz CT molecular complexity index is 765. The van der Waals surface area contributed by atoms with Crippen LogP contribution >= 0.6 is 23.1 Å². The quantitative estimate of drug-likeness (QED) is 0.352. The second-order valence-corrected chi connectivity index (χ2v) is 7.57. The number of thioether (sulfide) groups is 1. The summed E-state index contributed by atoms with van der Waals surface area (Å²) in [5.74, 6) is -0.483. The first-order valence-corrected chi connectivity index (χ1v) is 11.0. The Morgan fingerprint density at radius 3 is 2.68 bits per heavy atom. The van der Waals surface area contributed by atoms with Gasteiger partial charge in [-0.25, -0.2) is 14.6 Å². The zero-order valence-corrected chi connectivity index (χ0v) is 17.9. The predicted molar refractivity (Wildman–Crippen MR) is 112 cm³/mol. The molecule has 0 atom stereocenters. The third kappa shape index (κ3) is 6.81. The summed E-state index contributed by atoms with van der Waals surface area (Å²) < 4.78 is 10.1. The Hall–Kier alpha value is -2.10. The smallest absolute Gasteiger partial charge is 0.357 e. The number of carbonyl (C=O) groups is 2. The number of thiazole rings is 1. The van der Waals surface area contributed by atoms with Gasteiger partial charge < -0.3 is 19.7 Å². The van der Waals surface area contributed by atoms with Crippen molar-refractivity contribution in [2.45, 2.75) is 24.8 Å². The molecule has 9 heteroatoms. The highest BCUT2D eigenvalue weighted by Gasteiger charge is 2.18. The Kier molecular flexibility index (Phi) is 9.26. The predicted octanol–water partition coefficient (Wildman–Crippen LogP) is 4.11. The van der Waals surface area contributed by atoms with E-state index in [9.17, 15) is 9.59 Å². The summed E-state index contributed by atoms with van der Waals surface area (Å²) in [6.45, 7) is 3.98. The standard InChI is InChI=1S/C19H25N3O4S2/c1-4-26-11-5-10-22(12-17-21-16(13-28-17)18(23)25-2)19(24)20-14-6-8-15(27-3)9-7-14/h6-9,13H,4-5,10-12H2,1-3H3,(H,20,24). The number of carbonyl (C=O) groups excluding carboxylic acids is 2. The van der Waals surface area contributed by atoms with Gasteiger partial charge in [0.1, 0.15) is 5.01 Å². The highest BCUT2D eigenvalue weighted by Crippen LogP contribution is 2.19. The van der Waals surface area contributed by atoms with Crippen molar-refractivity contribution in [3.8, 4) is 0 Å². The topological polar surface area (TPSA) is 80.8 Å². The van der Waals surface area contributed by atoms with E-state index in [1.807, 2.05) is 37.4 Å². The first kappa shape index (κ1) is 22.2. The van der Waals surface area contributed by atoms with E-state index in [1.165, 1.54) is 18.4 Å². The highest BCUT2D eigenvalue weighted by molar-refractivity contribution is 7.98. The third-order valence-corrected chi connectivity index (χ3v) is 5.40. The molecular weight excluding hydrogens is 398 g/mol. The molecule has 28 heavy (non-hydrogen) atoms. The van der Waals surface area contributed by atoms with Crippen LogP contribution in [0.3, 0.4) is 0 Å². The molecule has 1 aromatic carbocycles. The lowest BCUT2D eigenvalue weighted by atomic mass is 10.3. The van der Waals surface area contributed by atoms with Crippen LogP contribution in [0.4, 0.5) is 10.5 Å². The zero-order valence-electron chi connectivity index (χ0n) is 16.3. The summed E-state index contributed by atoms with van der Waals surface area (Å²) in [5, 5.41) is 5.23. The van der Waals surface area contributed by atoms with Crippen LogP contribution in [0.1, 0.15) is 28.8 Å². The molecule has 0 aliphatic carbocycles. The van der Waals surface area contributed by atoms with Gasteiger partial charge in [0.25, 0.3) is 0 Å². The Labute approximate surface area is 173 Å². The molecular formula is C19H25N3O4S2. The second kappa shape index (κ2) is 11.7. The monoisotopic (exact) mass is 423 g/mol. The number of hydrogen-bond acceptors (Lipinski definition) is 7. The minimum absolute atomic E-state index is 0.219. The number of rotatable bonds is 10. The van der Waals surface area contributed by atoms with Crippen molar-refractivity contribution in [1.29, 1.82) is 0 Å². The van der Waals surface area contributed by atoms with Gasteiger partial charge in [0, 0.05) is 35.7 Å². The maximum absolute atomic E-state index is 12.8. The summed E-state index contributed by atoms with van der Waals surface area (Å²) in [6.07, 6.45) is 2.71. The molecule has 1 heterocycles. The summed E-state index contributed by atoms with van der Waals surface area (Å²) >= 11 is 2.97. The van der Waals surface area contributed by atoms with Crippen LogP contribution in [-0.2, 0) is 16.0 Å². The number of benzene rings is 1. The number of nitrogens with one attached hydrogen (secondary N) is 1. The summed E-state index contributed by atoms with van der Waals surface area (Å²) in [6, 6.07) is 7.46. The molecule has 1 N–H and O–H groups in total. The average molecular weight is 424 g/mol. The van der Waals surface area contributed by atoms with Gasteiger partial charge >= 0.3 is 12.0 Å². The van der Waals surface area contributed by atoms with Gasteiger partial charge in [-0.15, -0.1) is 23.1 Å². The van der Waals surface area contributed by atoms with Gasteiger partial charge in [0.15, 0.2) is 5.69 Å². The van der Waals surface area contributed by atoms with E-state index in [2.05, 4.69) is 15.0 Å². The lowest BCUT2D eigenvalue weighted by molar-refractivity contribution is 0.0594. The van der Waals surface area contributed by atoms with E-state index in [4.69, 9.17) is 4.74 Å². The van der Waals surface area contributed by atoms with Gasteiger partial charge in [-0.1, -0.05) is 0 Å². The van der Waals surface area contributed by atoms with Crippen molar-refractivity contribution in [3.63, 3.8) is 0 Å². The average Bonchev–Trinajstić information content (AvgIpc) is 3.18. The van der Waals surface area contributed by atoms with E-state index in [0.29, 0.717) is 37.7 Å². The highest BCUT2D eigenvalue weighted by atomic mass is 32.2. The molecule has 1 aromatic heterocycles. The number of methoxy groups -OCH3 is 1. The van der Waals surface area contributed by atoms with E-state index in [0.717, 1.165) is 10.6 Å². The van der Waals surface area contributed by atoms with Crippen LogP contribution in [0, 0.1) is 0 Å². The van der Waals surface area contributed by atoms with E-state index >= 15 is 0 Å². The van der Waals surface area contributed by atoms with Crippen LogP contribution in [0.5, 0.6) is 0 Å². The molecule has 0 saturated carbocycles. The first-order chi connectivity index (χ1) is 13.6. The van der Waals surface area contributed by atoms with Gasteiger partial charge in [0.2, 0.25) is 0 Å². The third-order valence-electron chi connectivity index (χ3n) is 3.82. The molecule has 0 fully saturated rings. The van der Waals surface area contributed by atoms with Gasteiger partial charge in [-0.3, -0.25) is 0 Å². The van der Waals surface area contributed by atoms with Crippen LogP contribution in [-0.4, -0.2) is 55.0 Å². The molecule has 152 valence electrons. The molecule has 0 radical (unpaired) electrons. The van der Waals surface area contributed by atoms with Crippen molar-refractivity contribution in [2.24, 2.45) is 0 Å². The molecule has 7 nitrogen and oxygen atoms in total. The largest absolute Gasteiger partial charge is 0.464 e. The normalized spacial score (nSPS) is 10.5. The number of hydrogen-bond donors (Lipinski definition) is 1. The number of ether oxygens (including phenoxy) is 2. The number of anilines is 1. The van der Waals surface area contributed by atoms with Crippen molar-refractivity contribution >= 4 is 40.8 Å². The number of aromatic nitrogens is 1. The number of nitrogens with zero attached hydrogens (tertiary/aromatic N) is 2. The van der Waals surface area contributed by atoms with Crippen LogP contribution in [0.25, 0.3) is 0 Å². The molecule has 0 saturated heterocycles. The lowest BCUT2D eigenvalue weighted by Crippen LogP contribution is -2.35. The number of amides is 2. The molecule has 2 amide bonds. The summed E-state index contributed by atoms with van der Waals surface area (Å²) in [5.41, 5.74) is 0.983. The minimum Gasteiger partial charge on any atom is -0.464 e. The van der Waals surface area contributed by atoms with E-state index in [1.54, 1.807) is 22.0 Å². The van der Waals surface area contributed by atoms with Gasteiger partial charge in [-0.2, -0.15) is 0 Å². The van der Waals surface area contributed by atoms with Gasteiger partial charge in [-0.05, 0) is 43.9 Å². The Morgan fingerprint density at radius 1 is 1.29 bits per heavy atom. The molecule has 0 unspecified atom stereocenters. The molecule has 0 aliphatic heterocycles.